The third-order valence-corrected chi connectivity index (χ3v) is 8.80. The molecule has 0 radical (unpaired) electrons. The van der Waals surface area contributed by atoms with Crippen LogP contribution < -0.4 is 9.62 Å². The maximum absolute atomic E-state index is 13.9. The summed E-state index contributed by atoms with van der Waals surface area (Å²) in [5, 5.41) is 3.29. The summed E-state index contributed by atoms with van der Waals surface area (Å²) in [5.74, 6) is -0.966. The second kappa shape index (κ2) is 13.3. The van der Waals surface area contributed by atoms with Crippen LogP contribution in [-0.4, -0.2) is 44.3 Å². The van der Waals surface area contributed by atoms with E-state index in [0.717, 1.165) is 4.31 Å². The van der Waals surface area contributed by atoms with Crippen molar-refractivity contribution in [2.24, 2.45) is 0 Å². The predicted octanol–water partition coefficient (Wildman–Crippen LogP) is 5.79. The van der Waals surface area contributed by atoms with E-state index in [0.29, 0.717) is 23.6 Å². The summed E-state index contributed by atoms with van der Waals surface area (Å²) in [6.07, 6.45) is 0.297. The number of halogens is 3. The molecule has 3 rings (SSSR count). The van der Waals surface area contributed by atoms with Crippen molar-refractivity contribution >= 4 is 62.3 Å². The predicted molar refractivity (Wildman–Crippen MR) is 152 cm³/mol. The van der Waals surface area contributed by atoms with Crippen LogP contribution >= 0.6 is 34.8 Å². The van der Waals surface area contributed by atoms with Crippen LogP contribution in [0.25, 0.3) is 0 Å². The number of rotatable bonds is 11. The van der Waals surface area contributed by atoms with Gasteiger partial charge >= 0.3 is 0 Å². The molecule has 1 N–H and O–H groups in total. The van der Waals surface area contributed by atoms with Crippen molar-refractivity contribution in [2.75, 3.05) is 17.4 Å². The minimum atomic E-state index is -4.25. The van der Waals surface area contributed by atoms with Gasteiger partial charge in [0, 0.05) is 18.1 Å². The summed E-state index contributed by atoms with van der Waals surface area (Å²) in [4.78, 5) is 28.2. The van der Waals surface area contributed by atoms with Gasteiger partial charge < -0.3 is 10.2 Å². The number of benzene rings is 3. The molecule has 1 atom stereocenters. The molecule has 3 aromatic rings. The number of carbonyl (C=O) groups excluding carboxylic acids is 2. The SMILES string of the molecule is CCNC(=O)[C@@H](CC)N(Cc1ccccc1Cl)C(=O)CN(c1cccc(Cl)c1Cl)S(=O)(=O)c1ccccc1. The Kier molecular flexibility index (Phi) is 10.4. The molecule has 0 saturated heterocycles. The molecule has 0 aliphatic carbocycles. The molecule has 0 aliphatic heterocycles. The fraction of sp³-hybridized carbons (Fsp3) is 0.259. The van der Waals surface area contributed by atoms with Crippen LogP contribution in [0.4, 0.5) is 5.69 Å². The second-order valence-electron chi connectivity index (χ2n) is 8.33. The molecule has 0 bridgehead atoms. The van der Waals surface area contributed by atoms with E-state index in [9.17, 15) is 18.0 Å². The van der Waals surface area contributed by atoms with Crippen LogP contribution in [0.1, 0.15) is 25.8 Å². The van der Waals surface area contributed by atoms with E-state index in [2.05, 4.69) is 5.32 Å². The monoisotopic (exact) mass is 595 g/mol. The Morgan fingerprint density at radius 3 is 2.13 bits per heavy atom. The zero-order valence-electron chi connectivity index (χ0n) is 20.9. The Morgan fingerprint density at radius 2 is 1.50 bits per heavy atom. The van der Waals surface area contributed by atoms with Gasteiger partial charge in [-0.1, -0.05) is 84.2 Å². The van der Waals surface area contributed by atoms with Crippen molar-refractivity contribution in [1.29, 1.82) is 0 Å². The number of carbonyl (C=O) groups is 2. The Labute approximate surface area is 238 Å². The van der Waals surface area contributed by atoms with Crippen molar-refractivity contribution in [3.8, 4) is 0 Å². The average molecular weight is 597 g/mol. The lowest BCUT2D eigenvalue weighted by atomic mass is 10.1. The first kappa shape index (κ1) is 29.8. The van der Waals surface area contributed by atoms with Crippen LogP contribution in [-0.2, 0) is 26.2 Å². The fourth-order valence-corrected chi connectivity index (χ4v) is 6.03. The van der Waals surface area contributed by atoms with E-state index in [4.69, 9.17) is 34.8 Å². The lowest BCUT2D eigenvalue weighted by molar-refractivity contribution is -0.140. The summed E-state index contributed by atoms with van der Waals surface area (Å²) in [6.45, 7) is 3.30. The molecule has 0 heterocycles. The van der Waals surface area contributed by atoms with Crippen LogP contribution in [0.15, 0.2) is 77.7 Å². The number of hydrogen-bond acceptors (Lipinski definition) is 4. The number of amides is 2. The number of hydrogen-bond donors (Lipinski definition) is 1. The first-order valence-corrected chi connectivity index (χ1v) is 14.5. The number of nitrogens with one attached hydrogen (secondary N) is 1. The number of sulfonamides is 1. The molecule has 2 amide bonds. The van der Waals surface area contributed by atoms with Gasteiger partial charge in [0.25, 0.3) is 10.0 Å². The van der Waals surface area contributed by atoms with Crippen molar-refractivity contribution in [3.05, 3.63) is 93.4 Å². The van der Waals surface area contributed by atoms with Crippen molar-refractivity contribution in [3.63, 3.8) is 0 Å². The molecule has 0 saturated carbocycles. The molecule has 11 heteroatoms. The second-order valence-corrected chi connectivity index (χ2v) is 11.4. The highest BCUT2D eigenvalue weighted by molar-refractivity contribution is 7.92. The highest BCUT2D eigenvalue weighted by Crippen LogP contribution is 2.35. The summed E-state index contributed by atoms with van der Waals surface area (Å²) in [6, 6.07) is 18.3. The molecule has 7 nitrogen and oxygen atoms in total. The number of likely N-dealkylation sites (N-methyl/N-ethyl adjacent to an activating group) is 1. The molecule has 38 heavy (non-hydrogen) atoms. The molecule has 0 aliphatic rings. The van der Waals surface area contributed by atoms with Gasteiger partial charge in [0.05, 0.1) is 20.6 Å². The maximum Gasteiger partial charge on any atom is 0.264 e. The molecule has 3 aromatic carbocycles. The van der Waals surface area contributed by atoms with Crippen LogP contribution in [0.3, 0.4) is 0 Å². The number of anilines is 1. The maximum atomic E-state index is 13.9. The van der Waals surface area contributed by atoms with Crippen LogP contribution in [0, 0.1) is 0 Å². The van der Waals surface area contributed by atoms with E-state index in [1.165, 1.54) is 29.2 Å². The van der Waals surface area contributed by atoms with Crippen molar-refractivity contribution in [1.82, 2.24) is 10.2 Å². The van der Waals surface area contributed by atoms with E-state index < -0.39 is 28.5 Å². The molecule has 202 valence electrons. The lowest BCUT2D eigenvalue weighted by Crippen LogP contribution is -2.52. The summed E-state index contributed by atoms with van der Waals surface area (Å²) in [5.41, 5.74) is 0.656. The van der Waals surface area contributed by atoms with E-state index in [1.807, 2.05) is 0 Å². The van der Waals surface area contributed by atoms with Gasteiger partial charge in [0.2, 0.25) is 11.8 Å². The minimum Gasteiger partial charge on any atom is -0.355 e. The van der Waals surface area contributed by atoms with Gasteiger partial charge in [-0.3, -0.25) is 13.9 Å². The van der Waals surface area contributed by atoms with Gasteiger partial charge in [-0.25, -0.2) is 8.42 Å². The van der Waals surface area contributed by atoms with Gasteiger partial charge in [-0.05, 0) is 49.2 Å². The molecule has 0 unspecified atom stereocenters. The molecule has 0 fully saturated rings. The summed E-state index contributed by atoms with van der Waals surface area (Å²) in [7, 11) is -4.25. The Balaban J connectivity index is 2.11. The first-order chi connectivity index (χ1) is 18.1. The van der Waals surface area contributed by atoms with E-state index >= 15 is 0 Å². The normalized spacial score (nSPS) is 12.0. The van der Waals surface area contributed by atoms with Crippen molar-refractivity contribution in [2.45, 2.75) is 37.8 Å². The zero-order chi connectivity index (χ0) is 27.9. The fourth-order valence-electron chi connectivity index (χ4n) is 3.94. The van der Waals surface area contributed by atoms with Gasteiger partial charge in [-0.2, -0.15) is 0 Å². The third-order valence-electron chi connectivity index (χ3n) is 5.85. The zero-order valence-corrected chi connectivity index (χ0v) is 24.0. The highest BCUT2D eigenvalue weighted by Gasteiger charge is 2.34. The Morgan fingerprint density at radius 1 is 0.868 bits per heavy atom. The Bertz CT molecular complexity index is 1390. The van der Waals surface area contributed by atoms with E-state index in [-0.39, 0.29) is 33.1 Å². The first-order valence-electron chi connectivity index (χ1n) is 11.9. The van der Waals surface area contributed by atoms with Gasteiger partial charge in [-0.15, -0.1) is 0 Å². The quantitative estimate of drug-likeness (QED) is 0.304. The highest BCUT2D eigenvalue weighted by atomic mass is 35.5. The summed E-state index contributed by atoms with van der Waals surface area (Å²) < 4.78 is 28.5. The lowest BCUT2D eigenvalue weighted by Gasteiger charge is -2.33. The van der Waals surface area contributed by atoms with Gasteiger partial charge in [0.1, 0.15) is 12.6 Å². The standard InChI is InChI=1S/C27H28Cl3N3O4S/c1-3-23(27(35)31-4-2)32(17-19-11-8-9-14-21(19)28)25(34)18-33(24-16-10-15-22(29)26(24)30)38(36,37)20-12-6-5-7-13-20/h5-16,23H,3-4,17-18H2,1-2H3,(H,31,35)/t23-/m1/s1. The smallest absolute Gasteiger partial charge is 0.264 e. The topological polar surface area (TPSA) is 86.8 Å². The Hall–Kier alpha value is -2.78. The molecule has 0 spiro atoms. The molecular weight excluding hydrogens is 569 g/mol. The summed E-state index contributed by atoms with van der Waals surface area (Å²) >= 11 is 19.0. The van der Waals surface area contributed by atoms with Crippen LogP contribution in [0.5, 0.6) is 0 Å². The average Bonchev–Trinajstić information content (AvgIpc) is 2.90. The molecule has 0 aromatic heterocycles. The minimum absolute atomic E-state index is 0.00332. The largest absolute Gasteiger partial charge is 0.355 e. The van der Waals surface area contributed by atoms with Gasteiger partial charge in [0.15, 0.2) is 0 Å². The third kappa shape index (κ3) is 6.80. The van der Waals surface area contributed by atoms with Crippen LogP contribution in [0.2, 0.25) is 15.1 Å². The number of nitrogens with zero attached hydrogens (tertiary/aromatic N) is 2. The van der Waals surface area contributed by atoms with E-state index in [1.54, 1.807) is 62.4 Å². The molecular formula is C27H28Cl3N3O4S. The van der Waals surface area contributed by atoms with Crippen molar-refractivity contribution < 1.29 is 18.0 Å².